The molecule has 0 aliphatic rings. The minimum atomic E-state index is -3.26. The van der Waals surface area contributed by atoms with E-state index in [1.807, 2.05) is 13.0 Å². The van der Waals surface area contributed by atoms with Crippen LogP contribution >= 0.6 is 0 Å². The lowest BCUT2D eigenvalue weighted by molar-refractivity contribution is -0.384. The maximum atomic E-state index is 13.0. The molecule has 2 aromatic carbocycles. The molecule has 0 amide bonds. The third-order valence-corrected chi connectivity index (χ3v) is 4.59. The molecule has 1 heterocycles. The number of aromatic nitrogens is 2. The molecule has 0 unspecified atom stereocenters. The normalized spacial score (nSPS) is 12.0. The summed E-state index contributed by atoms with van der Waals surface area (Å²) in [6.07, 6.45) is -3.26. The number of non-ortho nitro benzene ring substituents is 1. The highest BCUT2D eigenvalue weighted by Gasteiger charge is 2.23. The Hall–Kier alpha value is -3.88. The Morgan fingerprint density at radius 2 is 1.94 bits per heavy atom. The monoisotopic (exact) mass is 440 g/mol. The topological polar surface area (TPSA) is 82.5 Å². The fourth-order valence-electron chi connectivity index (χ4n) is 3.03. The molecule has 0 saturated carbocycles. The van der Waals surface area contributed by atoms with Crippen LogP contribution in [0.25, 0.3) is 5.70 Å². The summed E-state index contributed by atoms with van der Waals surface area (Å²) < 4.78 is 32.2. The zero-order valence-corrected chi connectivity index (χ0v) is 17.9. The fourth-order valence-corrected chi connectivity index (χ4v) is 3.03. The van der Waals surface area contributed by atoms with Crippen molar-refractivity contribution in [2.75, 3.05) is 0 Å². The van der Waals surface area contributed by atoms with Gasteiger partial charge in [0, 0.05) is 24.8 Å². The third kappa shape index (κ3) is 5.84. The lowest BCUT2D eigenvalue weighted by Crippen LogP contribution is -2.18. The van der Waals surface area contributed by atoms with Crippen molar-refractivity contribution >= 4 is 17.1 Å². The summed E-state index contributed by atoms with van der Waals surface area (Å²) in [4.78, 5) is 15.0. The molecule has 0 fully saturated rings. The van der Waals surface area contributed by atoms with E-state index < -0.39 is 11.0 Å². The zero-order chi connectivity index (χ0) is 23.5. The smallest absolute Gasteiger partial charge is 0.394 e. The van der Waals surface area contributed by atoms with Crippen molar-refractivity contribution in [2.24, 2.45) is 4.99 Å². The van der Waals surface area contributed by atoms with Gasteiger partial charge in [0.25, 0.3) is 5.69 Å². The molecule has 0 radical (unpaired) electrons. The summed E-state index contributed by atoms with van der Waals surface area (Å²) in [6, 6.07) is 14.3. The highest BCUT2D eigenvalue weighted by molar-refractivity contribution is 6.00. The molecule has 0 N–H and O–H groups in total. The number of alkyl halides is 2. The van der Waals surface area contributed by atoms with Gasteiger partial charge in [-0.1, -0.05) is 18.7 Å². The molecule has 1 aromatic heterocycles. The Morgan fingerprint density at radius 3 is 2.56 bits per heavy atom. The van der Waals surface area contributed by atoms with Crippen molar-refractivity contribution in [3.63, 3.8) is 0 Å². The second-order valence-electron chi connectivity index (χ2n) is 7.33. The van der Waals surface area contributed by atoms with Crippen molar-refractivity contribution in [3.05, 3.63) is 93.8 Å². The van der Waals surface area contributed by atoms with Crippen LogP contribution in [0.5, 0.6) is 5.75 Å². The summed E-state index contributed by atoms with van der Waals surface area (Å²) in [6.45, 7) is 8.68. The van der Waals surface area contributed by atoms with Gasteiger partial charge in [-0.3, -0.25) is 19.8 Å². The molecule has 32 heavy (non-hydrogen) atoms. The van der Waals surface area contributed by atoms with Gasteiger partial charge in [-0.2, -0.15) is 13.9 Å². The Balaban J connectivity index is 1.75. The van der Waals surface area contributed by atoms with Gasteiger partial charge < -0.3 is 4.74 Å². The van der Waals surface area contributed by atoms with Gasteiger partial charge in [0.15, 0.2) is 0 Å². The molecule has 0 aliphatic carbocycles. The highest BCUT2D eigenvalue weighted by Crippen LogP contribution is 2.24. The predicted molar refractivity (Wildman–Crippen MR) is 118 cm³/mol. The number of hydrogen-bond donors (Lipinski definition) is 0. The molecular weight excluding hydrogens is 418 g/mol. The average molecular weight is 440 g/mol. The SMILES string of the molecule is C=C(N=C(C)c1cc(C)n(Cc2cccc([N+](=O)[O-])c2)n1)c1ccc(OC(C)(F)F)cc1. The van der Waals surface area contributed by atoms with Gasteiger partial charge in [0.2, 0.25) is 0 Å². The molecule has 9 heteroatoms. The molecule has 3 rings (SSSR count). The minimum absolute atomic E-state index is 0.0284. The number of aliphatic imine (C=N–C) groups is 1. The molecule has 0 atom stereocenters. The van der Waals surface area contributed by atoms with Crippen LogP contribution in [-0.4, -0.2) is 26.5 Å². The van der Waals surface area contributed by atoms with E-state index in [0.29, 0.717) is 36.1 Å². The maximum absolute atomic E-state index is 13.0. The molecule has 0 bridgehead atoms. The Kier molecular flexibility index (Phi) is 6.47. The van der Waals surface area contributed by atoms with Gasteiger partial charge in [-0.15, -0.1) is 0 Å². The van der Waals surface area contributed by atoms with Gasteiger partial charge in [-0.25, -0.2) is 0 Å². The standard InChI is InChI=1S/C23H22F2N4O3/c1-15-12-22(27-28(15)14-18-6-5-7-20(13-18)29(30)31)17(3)26-16(2)19-8-10-21(11-9-19)32-23(4,24)25/h5-13H,2,14H2,1,3-4H3. The summed E-state index contributed by atoms with van der Waals surface area (Å²) >= 11 is 0. The molecular formula is C23H22F2N4O3. The van der Waals surface area contributed by atoms with Crippen LogP contribution in [0.15, 0.2) is 66.2 Å². The second kappa shape index (κ2) is 9.09. The Labute approximate surface area is 183 Å². The minimum Gasteiger partial charge on any atom is -0.433 e. The van der Waals surface area contributed by atoms with Crippen LogP contribution in [-0.2, 0) is 6.54 Å². The summed E-state index contributed by atoms with van der Waals surface area (Å²) in [5.74, 6) is 0.0465. The van der Waals surface area contributed by atoms with Crippen molar-refractivity contribution in [1.29, 1.82) is 0 Å². The number of ether oxygens (including phenoxy) is 1. The Bertz CT molecular complexity index is 1180. The first kappa shape index (κ1) is 22.8. The van der Waals surface area contributed by atoms with E-state index in [0.717, 1.165) is 11.3 Å². The van der Waals surface area contributed by atoms with Crippen molar-refractivity contribution in [2.45, 2.75) is 33.4 Å². The number of nitrogens with zero attached hydrogens (tertiary/aromatic N) is 4. The van der Waals surface area contributed by atoms with E-state index in [2.05, 4.69) is 21.4 Å². The average Bonchev–Trinajstić information content (AvgIpc) is 3.08. The number of hydrogen-bond acceptors (Lipinski definition) is 5. The van der Waals surface area contributed by atoms with E-state index >= 15 is 0 Å². The number of aryl methyl sites for hydroxylation is 1. The first-order valence-electron chi connectivity index (χ1n) is 9.71. The largest absolute Gasteiger partial charge is 0.433 e. The van der Waals surface area contributed by atoms with Crippen LogP contribution in [0.3, 0.4) is 0 Å². The number of halogens is 2. The first-order chi connectivity index (χ1) is 15.0. The van der Waals surface area contributed by atoms with Crippen molar-refractivity contribution < 1.29 is 18.4 Å². The molecule has 0 saturated heterocycles. The van der Waals surface area contributed by atoms with Gasteiger partial charge in [-0.05, 0) is 55.3 Å². The summed E-state index contributed by atoms with van der Waals surface area (Å²) in [7, 11) is 0. The number of nitro groups is 1. The lowest BCUT2D eigenvalue weighted by Gasteiger charge is -2.13. The van der Waals surface area contributed by atoms with Crippen LogP contribution in [0, 0.1) is 17.0 Å². The van der Waals surface area contributed by atoms with Gasteiger partial charge in [0.1, 0.15) is 11.4 Å². The summed E-state index contributed by atoms with van der Waals surface area (Å²) in [5.41, 5.74) is 4.02. The van der Waals surface area contributed by atoms with E-state index in [4.69, 9.17) is 0 Å². The van der Waals surface area contributed by atoms with E-state index in [-0.39, 0.29) is 11.4 Å². The number of rotatable bonds is 8. The van der Waals surface area contributed by atoms with E-state index in [1.165, 1.54) is 24.3 Å². The summed E-state index contributed by atoms with van der Waals surface area (Å²) in [5, 5.41) is 15.5. The quantitative estimate of drug-likeness (QED) is 0.259. The fraction of sp³-hybridized carbons (Fsp3) is 0.217. The van der Waals surface area contributed by atoms with Gasteiger partial charge in [0.05, 0.1) is 22.9 Å². The van der Waals surface area contributed by atoms with Crippen LogP contribution in [0.1, 0.15) is 36.4 Å². The van der Waals surface area contributed by atoms with Gasteiger partial charge >= 0.3 is 6.11 Å². The van der Waals surface area contributed by atoms with Crippen LogP contribution in [0.2, 0.25) is 0 Å². The van der Waals surface area contributed by atoms with E-state index in [1.54, 1.807) is 35.9 Å². The highest BCUT2D eigenvalue weighted by atomic mass is 19.3. The first-order valence-corrected chi connectivity index (χ1v) is 9.71. The second-order valence-corrected chi connectivity index (χ2v) is 7.33. The van der Waals surface area contributed by atoms with Crippen LogP contribution in [0.4, 0.5) is 14.5 Å². The van der Waals surface area contributed by atoms with E-state index in [9.17, 15) is 18.9 Å². The predicted octanol–water partition coefficient (Wildman–Crippen LogP) is 5.62. The number of benzene rings is 2. The maximum Gasteiger partial charge on any atom is 0.394 e. The molecule has 166 valence electrons. The van der Waals surface area contributed by atoms with Crippen molar-refractivity contribution in [1.82, 2.24) is 9.78 Å². The Morgan fingerprint density at radius 1 is 1.25 bits per heavy atom. The molecule has 0 aliphatic heterocycles. The third-order valence-electron chi connectivity index (χ3n) is 4.59. The lowest BCUT2D eigenvalue weighted by atomic mass is 10.1. The molecule has 3 aromatic rings. The van der Waals surface area contributed by atoms with Crippen molar-refractivity contribution in [3.8, 4) is 5.75 Å². The zero-order valence-electron chi connectivity index (χ0n) is 17.9. The van der Waals surface area contributed by atoms with Crippen LogP contribution < -0.4 is 4.74 Å². The molecule has 7 nitrogen and oxygen atoms in total. The molecule has 0 spiro atoms. The number of nitro benzene ring substituents is 1.